The van der Waals surface area contributed by atoms with Gasteiger partial charge in [-0.05, 0) is 33.1 Å². The molecule has 7 heteroatoms. The van der Waals surface area contributed by atoms with Gasteiger partial charge in [0.2, 0.25) is 5.91 Å². The van der Waals surface area contributed by atoms with E-state index in [0.29, 0.717) is 13.1 Å². The summed E-state index contributed by atoms with van der Waals surface area (Å²) in [6.45, 7) is 4.19. The summed E-state index contributed by atoms with van der Waals surface area (Å²) < 4.78 is 28.6. The topological polar surface area (TPSA) is 80.8 Å². The second kappa shape index (κ2) is 6.88. The molecule has 1 heterocycles. The molecule has 0 N–H and O–H groups in total. The predicted molar refractivity (Wildman–Crippen MR) is 70.3 cm³/mol. The Balaban J connectivity index is 2.62. The van der Waals surface area contributed by atoms with E-state index in [2.05, 4.69) is 4.74 Å². The Labute approximate surface area is 114 Å². The Morgan fingerprint density at radius 2 is 1.79 bits per heavy atom. The molecule has 0 spiro atoms. The van der Waals surface area contributed by atoms with Crippen molar-refractivity contribution in [3.8, 4) is 0 Å². The molecule has 0 aromatic rings. The number of esters is 1. The van der Waals surface area contributed by atoms with Gasteiger partial charge in [0.15, 0.2) is 15.1 Å². The number of nitrogens with zero attached hydrogens (tertiary/aromatic N) is 1. The highest BCUT2D eigenvalue weighted by atomic mass is 32.2. The minimum atomic E-state index is -3.80. The normalized spacial score (nSPS) is 17.9. The lowest BCUT2D eigenvalue weighted by Gasteiger charge is -2.26. The highest BCUT2D eigenvalue weighted by Gasteiger charge is 2.33. The highest BCUT2D eigenvalue weighted by Crippen LogP contribution is 2.11. The molecule has 1 saturated heterocycles. The summed E-state index contributed by atoms with van der Waals surface area (Å²) in [5, 5.41) is -1.29. The van der Waals surface area contributed by atoms with Gasteiger partial charge in [-0.3, -0.25) is 9.59 Å². The van der Waals surface area contributed by atoms with Gasteiger partial charge in [-0.1, -0.05) is 0 Å². The van der Waals surface area contributed by atoms with Gasteiger partial charge < -0.3 is 9.64 Å². The Bertz CT molecular complexity index is 425. The van der Waals surface area contributed by atoms with Crippen LogP contribution in [0.5, 0.6) is 0 Å². The number of piperidine rings is 1. The molecule has 1 amide bonds. The lowest BCUT2D eigenvalue weighted by atomic mass is 10.1. The second-order valence-corrected chi connectivity index (χ2v) is 6.96. The van der Waals surface area contributed by atoms with Gasteiger partial charge in [0.05, 0.1) is 6.61 Å². The van der Waals surface area contributed by atoms with Gasteiger partial charge in [-0.25, -0.2) is 8.42 Å². The summed E-state index contributed by atoms with van der Waals surface area (Å²) in [4.78, 5) is 24.9. The summed E-state index contributed by atoms with van der Waals surface area (Å²) in [6.07, 6.45) is 2.87. The van der Waals surface area contributed by atoms with Crippen LogP contribution in [0.1, 0.15) is 33.1 Å². The zero-order chi connectivity index (χ0) is 14.5. The van der Waals surface area contributed by atoms with Crippen LogP contribution in [0.15, 0.2) is 0 Å². The standard InChI is InChI=1S/C12H21NO5S/c1-3-18-12(15)10(2)19(16,17)9-11(14)13-7-5-4-6-8-13/h10H,3-9H2,1-2H3. The molecule has 0 aromatic heterocycles. The molecule has 0 aromatic carbocycles. The molecule has 0 aliphatic carbocycles. The molecular formula is C12H21NO5S. The van der Waals surface area contributed by atoms with E-state index in [9.17, 15) is 18.0 Å². The second-order valence-electron chi connectivity index (χ2n) is 4.64. The summed E-state index contributed by atoms with van der Waals surface area (Å²) in [7, 11) is -3.80. The minimum Gasteiger partial charge on any atom is -0.465 e. The molecule has 0 bridgehead atoms. The lowest BCUT2D eigenvalue weighted by Crippen LogP contribution is -2.42. The van der Waals surface area contributed by atoms with E-state index in [4.69, 9.17) is 0 Å². The molecule has 1 atom stereocenters. The molecule has 1 aliphatic rings. The van der Waals surface area contributed by atoms with Crippen LogP contribution in [0.25, 0.3) is 0 Å². The Kier molecular flexibility index (Phi) is 5.78. The molecule has 1 unspecified atom stereocenters. The molecule has 19 heavy (non-hydrogen) atoms. The maximum absolute atomic E-state index is 12.0. The fourth-order valence-corrected chi connectivity index (χ4v) is 3.08. The van der Waals surface area contributed by atoms with Gasteiger partial charge >= 0.3 is 5.97 Å². The van der Waals surface area contributed by atoms with Crippen molar-refractivity contribution in [2.45, 2.75) is 38.4 Å². The minimum absolute atomic E-state index is 0.124. The number of rotatable bonds is 5. The van der Waals surface area contributed by atoms with E-state index in [-0.39, 0.29) is 6.61 Å². The van der Waals surface area contributed by atoms with Crippen molar-refractivity contribution in [2.75, 3.05) is 25.4 Å². The number of hydrogen-bond donors (Lipinski definition) is 0. The molecule has 1 fully saturated rings. The monoisotopic (exact) mass is 291 g/mol. The number of carbonyl (C=O) groups is 2. The molecule has 110 valence electrons. The van der Waals surface area contributed by atoms with Crippen molar-refractivity contribution < 1.29 is 22.7 Å². The van der Waals surface area contributed by atoms with Crippen molar-refractivity contribution in [2.24, 2.45) is 0 Å². The van der Waals surface area contributed by atoms with E-state index in [1.807, 2.05) is 0 Å². The summed E-state index contributed by atoms with van der Waals surface area (Å²) >= 11 is 0. The summed E-state index contributed by atoms with van der Waals surface area (Å²) in [6, 6.07) is 0. The van der Waals surface area contributed by atoms with E-state index in [1.165, 1.54) is 6.92 Å². The van der Waals surface area contributed by atoms with Crippen LogP contribution in [0.3, 0.4) is 0 Å². The number of likely N-dealkylation sites (tertiary alicyclic amines) is 1. The van der Waals surface area contributed by atoms with Crippen molar-refractivity contribution >= 4 is 21.7 Å². The largest absolute Gasteiger partial charge is 0.465 e. The number of amides is 1. The SMILES string of the molecule is CCOC(=O)C(C)S(=O)(=O)CC(=O)N1CCCCC1. The van der Waals surface area contributed by atoms with Crippen LogP contribution in [0, 0.1) is 0 Å². The Morgan fingerprint density at radius 3 is 2.32 bits per heavy atom. The Morgan fingerprint density at radius 1 is 1.21 bits per heavy atom. The van der Waals surface area contributed by atoms with E-state index in [1.54, 1.807) is 11.8 Å². The van der Waals surface area contributed by atoms with Gasteiger partial charge in [0, 0.05) is 13.1 Å². The maximum atomic E-state index is 12.0. The van der Waals surface area contributed by atoms with Crippen molar-refractivity contribution in [3.63, 3.8) is 0 Å². The third-order valence-corrected chi connectivity index (χ3v) is 5.11. The van der Waals surface area contributed by atoms with Crippen LogP contribution in [-0.2, 0) is 24.2 Å². The van der Waals surface area contributed by atoms with Gasteiger partial charge in [-0.15, -0.1) is 0 Å². The third kappa shape index (κ3) is 4.49. The number of ether oxygens (including phenoxy) is 1. The van der Waals surface area contributed by atoms with Crippen molar-refractivity contribution in [3.05, 3.63) is 0 Å². The van der Waals surface area contributed by atoms with Crippen LogP contribution < -0.4 is 0 Å². The van der Waals surface area contributed by atoms with Gasteiger partial charge in [-0.2, -0.15) is 0 Å². The van der Waals surface area contributed by atoms with E-state index < -0.39 is 32.7 Å². The van der Waals surface area contributed by atoms with Gasteiger partial charge in [0.1, 0.15) is 5.75 Å². The fraction of sp³-hybridized carbons (Fsp3) is 0.833. The smallest absolute Gasteiger partial charge is 0.324 e. The first-order chi connectivity index (χ1) is 8.88. The number of hydrogen-bond acceptors (Lipinski definition) is 5. The highest BCUT2D eigenvalue weighted by molar-refractivity contribution is 7.93. The van der Waals surface area contributed by atoms with Crippen LogP contribution in [-0.4, -0.2) is 55.9 Å². The molecule has 0 saturated carbocycles. The molecule has 1 aliphatic heterocycles. The third-order valence-electron chi connectivity index (χ3n) is 3.19. The zero-order valence-corrected chi connectivity index (χ0v) is 12.2. The van der Waals surface area contributed by atoms with Crippen LogP contribution in [0.4, 0.5) is 0 Å². The van der Waals surface area contributed by atoms with Gasteiger partial charge in [0.25, 0.3) is 0 Å². The first-order valence-electron chi connectivity index (χ1n) is 6.54. The van der Waals surface area contributed by atoms with E-state index in [0.717, 1.165) is 19.3 Å². The zero-order valence-electron chi connectivity index (χ0n) is 11.4. The molecular weight excluding hydrogens is 270 g/mol. The average molecular weight is 291 g/mol. The average Bonchev–Trinajstić information content (AvgIpc) is 2.38. The Hall–Kier alpha value is -1.11. The van der Waals surface area contributed by atoms with Crippen LogP contribution >= 0.6 is 0 Å². The summed E-state index contributed by atoms with van der Waals surface area (Å²) in [5.74, 6) is -1.84. The lowest BCUT2D eigenvalue weighted by molar-refractivity contribution is -0.142. The van der Waals surface area contributed by atoms with Crippen LogP contribution in [0.2, 0.25) is 0 Å². The first-order valence-corrected chi connectivity index (χ1v) is 8.26. The summed E-state index contributed by atoms with van der Waals surface area (Å²) in [5.41, 5.74) is 0. The van der Waals surface area contributed by atoms with Crippen molar-refractivity contribution in [1.82, 2.24) is 4.90 Å². The first kappa shape index (κ1) is 15.9. The predicted octanol–water partition coefficient (Wildman–Crippen LogP) is 0.365. The molecule has 6 nitrogen and oxygen atoms in total. The molecule has 0 radical (unpaired) electrons. The fourth-order valence-electron chi connectivity index (χ4n) is 1.94. The van der Waals surface area contributed by atoms with Crippen molar-refractivity contribution in [1.29, 1.82) is 0 Å². The van der Waals surface area contributed by atoms with E-state index >= 15 is 0 Å². The number of sulfone groups is 1. The quantitative estimate of drug-likeness (QED) is 0.683. The molecule has 1 rings (SSSR count). The number of carbonyl (C=O) groups excluding carboxylic acids is 2. The maximum Gasteiger partial charge on any atom is 0.324 e.